The van der Waals surface area contributed by atoms with Crippen LogP contribution in [0.15, 0.2) is 23.0 Å². The Kier molecular flexibility index (Phi) is 4.86. The Balaban J connectivity index is 1.89. The zero-order chi connectivity index (χ0) is 15.5. The maximum absolute atomic E-state index is 12.1. The van der Waals surface area contributed by atoms with Crippen LogP contribution in [0.1, 0.15) is 63.4 Å². The van der Waals surface area contributed by atoms with Gasteiger partial charge in [-0.05, 0) is 43.1 Å². The molecular weight excluding hydrogens is 264 g/mol. The molecule has 2 rings (SSSR count). The summed E-state index contributed by atoms with van der Waals surface area (Å²) >= 11 is 0. The van der Waals surface area contributed by atoms with Crippen molar-refractivity contribution in [2.75, 3.05) is 0 Å². The van der Waals surface area contributed by atoms with E-state index in [9.17, 15) is 9.59 Å². The Morgan fingerprint density at radius 3 is 2.52 bits per heavy atom. The highest BCUT2D eigenvalue weighted by atomic mass is 16.2. The van der Waals surface area contributed by atoms with Crippen LogP contribution in [0, 0.1) is 11.3 Å². The van der Waals surface area contributed by atoms with E-state index < -0.39 is 0 Å². The van der Waals surface area contributed by atoms with Crippen molar-refractivity contribution in [3.8, 4) is 0 Å². The van der Waals surface area contributed by atoms with Crippen LogP contribution in [-0.2, 0) is 0 Å². The maximum atomic E-state index is 12.1. The van der Waals surface area contributed by atoms with Gasteiger partial charge >= 0.3 is 0 Å². The lowest BCUT2D eigenvalue weighted by molar-refractivity contribution is 0.0888. The van der Waals surface area contributed by atoms with Gasteiger partial charge in [0.05, 0.1) is 0 Å². The summed E-state index contributed by atoms with van der Waals surface area (Å²) in [4.78, 5) is 25.9. The monoisotopic (exact) mass is 290 g/mol. The average Bonchev–Trinajstić information content (AvgIpc) is 2.48. The smallest absolute Gasteiger partial charge is 0.268 e. The molecule has 0 atom stereocenters. The lowest BCUT2D eigenvalue weighted by atomic mass is 9.69. The highest BCUT2D eigenvalue weighted by molar-refractivity contribution is 5.92. The predicted molar refractivity (Wildman–Crippen MR) is 84.3 cm³/mol. The fraction of sp³-hybridized carbons (Fsp3) is 0.647. The summed E-state index contributed by atoms with van der Waals surface area (Å²) in [5.74, 6) is 0.568. The zero-order valence-electron chi connectivity index (χ0n) is 13.2. The lowest BCUT2D eigenvalue weighted by Gasteiger charge is -2.39. The molecule has 4 heteroatoms. The molecule has 0 bridgehead atoms. The van der Waals surface area contributed by atoms with Gasteiger partial charge in [0, 0.05) is 12.1 Å². The van der Waals surface area contributed by atoms with Gasteiger partial charge in [-0.25, -0.2) is 0 Å². The van der Waals surface area contributed by atoms with Crippen molar-refractivity contribution in [1.82, 2.24) is 10.3 Å². The van der Waals surface area contributed by atoms with Gasteiger partial charge in [-0.15, -0.1) is 0 Å². The number of carbonyl (C=O) groups is 1. The van der Waals surface area contributed by atoms with Gasteiger partial charge < -0.3 is 10.3 Å². The molecular formula is C17H26N2O2. The van der Waals surface area contributed by atoms with E-state index in [1.165, 1.54) is 12.5 Å². The summed E-state index contributed by atoms with van der Waals surface area (Å²) in [6.45, 7) is 6.93. The summed E-state index contributed by atoms with van der Waals surface area (Å²) < 4.78 is 0. The highest BCUT2D eigenvalue weighted by Crippen LogP contribution is 2.40. The lowest BCUT2D eigenvalue weighted by Crippen LogP contribution is -2.40. The third kappa shape index (κ3) is 3.96. The number of nitrogens with one attached hydrogen (secondary N) is 2. The second-order valence-electron chi connectivity index (χ2n) is 6.79. The Bertz CT molecular complexity index is 540. The van der Waals surface area contributed by atoms with Crippen LogP contribution >= 0.6 is 0 Å². The van der Waals surface area contributed by atoms with E-state index in [-0.39, 0.29) is 17.5 Å². The van der Waals surface area contributed by atoms with Crippen molar-refractivity contribution in [3.63, 3.8) is 0 Å². The Morgan fingerprint density at radius 2 is 1.95 bits per heavy atom. The third-order valence-corrected chi connectivity index (χ3v) is 5.09. The molecule has 116 valence electrons. The van der Waals surface area contributed by atoms with Crippen LogP contribution in [0.5, 0.6) is 0 Å². The van der Waals surface area contributed by atoms with Gasteiger partial charge in [0.25, 0.3) is 5.91 Å². The van der Waals surface area contributed by atoms with Gasteiger partial charge in [-0.2, -0.15) is 0 Å². The molecule has 1 fully saturated rings. The van der Waals surface area contributed by atoms with Crippen LogP contribution in [0.2, 0.25) is 0 Å². The largest absolute Gasteiger partial charge is 0.348 e. The summed E-state index contributed by atoms with van der Waals surface area (Å²) in [5, 5.41) is 3.04. The molecule has 2 N–H and O–H groups in total. The first-order chi connectivity index (χ1) is 9.92. The Hall–Kier alpha value is -1.58. The van der Waals surface area contributed by atoms with Crippen LogP contribution < -0.4 is 10.9 Å². The molecule has 1 aliphatic carbocycles. The van der Waals surface area contributed by atoms with Gasteiger partial charge in [-0.1, -0.05) is 33.3 Å². The summed E-state index contributed by atoms with van der Waals surface area (Å²) in [7, 11) is 0. The molecule has 1 heterocycles. The zero-order valence-corrected chi connectivity index (χ0v) is 13.2. The molecule has 0 unspecified atom stereocenters. The number of hydrogen-bond acceptors (Lipinski definition) is 2. The molecule has 0 spiro atoms. The Morgan fingerprint density at radius 1 is 1.29 bits per heavy atom. The Labute approximate surface area is 126 Å². The highest BCUT2D eigenvalue weighted by Gasteiger charge is 2.32. The first kappa shape index (κ1) is 15.8. The fourth-order valence-corrected chi connectivity index (χ4v) is 3.15. The normalized spacial score (nSPS) is 22.8. The minimum Gasteiger partial charge on any atom is -0.348 e. The molecule has 0 radical (unpaired) electrons. The molecule has 1 aliphatic rings. The second-order valence-corrected chi connectivity index (χ2v) is 6.79. The van der Waals surface area contributed by atoms with Crippen LogP contribution in [-0.4, -0.2) is 16.9 Å². The van der Waals surface area contributed by atoms with E-state index in [1.807, 2.05) is 0 Å². The van der Waals surface area contributed by atoms with Crippen molar-refractivity contribution in [1.29, 1.82) is 0 Å². The second kappa shape index (κ2) is 6.46. The van der Waals surface area contributed by atoms with Crippen molar-refractivity contribution in [2.45, 2.75) is 58.9 Å². The minimum atomic E-state index is -0.240. The first-order valence-corrected chi connectivity index (χ1v) is 7.92. The van der Waals surface area contributed by atoms with Gasteiger partial charge in [-0.3, -0.25) is 9.59 Å². The topological polar surface area (TPSA) is 62.0 Å². The molecule has 1 aromatic rings. The van der Waals surface area contributed by atoms with Crippen LogP contribution in [0.25, 0.3) is 0 Å². The van der Waals surface area contributed by atoms with E-state index in [1.54, 1.807) is 12.1 Å². The first-order valence-electron chi connectivity index (χ1n) is 7.92. The summed E-state index contributed by atoms with van der Waals surface area (Å²) in [6.07, 6.45) is 5.57. The number of carbonyl (C=O) groups excluding carboxylic acids is 1. The molecule has 0 aromatic carbocycles. The quantitative estimate of drug-likeness (QED) is 0.895. The van der Waals surface area contributed by atoms with E-state index >= 15 is 0 Å². The van der Waals surface area contributed by atoms with Gasteiger partial charge in [0.15, 0.2) is 0 Å². The minimum absolute atomic E-state index is 0.175. The molecule has 0 aliphatic heterocycles. The standard InChI is InChI=1S/C17H26N2O2/c1-4-17(2,3)12-8-10-13(11-9-12)18-16(21)14-6-5-7-15(20)19-14/h5-7,12-13H,4,8-11H2,1-3H3,(H,18,21)(H,19,20). The number of rotatable bonds is 4. The fourth-order valence-electron chi connectivity index (χ4n) is 3.15. The number of aromatic amines is 1. The van der Waals surface area contributed by atoms with Crippen molar-refractivity contribution in [2.24, 2.45) is 11.3 Å². The summed E-state index contributed by atoms with van der Waals surface area (Å²) in [6, 6.07) is 4.89. The molecule has 4 nitrogen and oxygen atoms in total. The van der Waals surface area contributed by atoms with Crippen LogP contribution in [0.3, 0.4) is 0 Å². The number of aromatic nitrogens is 1. The summed E-state index contributed by atoms with van der Waals surface area (Å²) in [5.41, 5.74) is 0.495. The SMILES string of the molecule is CCC(C)(C)C1CCC(NC(=O)c2cccc(=O)[nH]2)CC1. The molecule has 1 aromatic heterocycles. The van der Waals surface area contributed by atoms with E-state index in [2.05, 4.69) is 31.1 Å². The van der Waals surface area contributed by atoms with Gasteiger partial charge in [0.2, 0.25) is 5.56 Å². The van der Waals surface area contributed by atoms with E-state index in [0.717, 1.165) is 31.6 Å². The van der Waals surface area contributed by atoms with Crippen molar-refractivity contribution >= 4 is 5.91 Å². The number of H-pyrrole nitrogens is 1. The molecule has 1 amide bonds. The number of pyridine rings is 1. The average molecular weight is 290 g/mol. The molecule has 0 saturated heterocycles. The van der Waals surface area contributed by atoms with Gasteiger partial charge in [0.1, 0.15) is 5.69 Å². The number of amides is 1. The maximum Gasteiger partial charge on any atom is 0.268 e. The molecule has 21 heavy (non-hydrogen) atoms. The van der Waals surface area contributed by atoms with Crippen molar-refractivity contribution in [3.05, 3.63) is 34.2 Å². The molecule has 1 saturated carbocycles. The predicted octanol–water partition coefficient (Wildman–Crippen LogP) is 3.10. The van der Waals surface area contributed by atoms with E-state index in [4.69, 9.17) is 0 Å². The van der Waals surface area contributed by atoms with E-state index in [0.29, 0.717) is 11.1 Å². The third-order valence-electron chi connectivity index (χ3n) is 5.09. The van der Waals surface area contributed by atoms with Crippen molar-refractivity contribution < 1.29 is 4.79 Å². The van der Waals surface area contributed by atoms with Crippen LogP contribution in [0.4, 0.5) is 0 Å². The number of hydrogen-bond donors (Lipinski definition) is 2.